The molecule has 0 aromatic heterocycles. The molecule has 2 heterocycles. The zero-order valence-corrected chi connectivity index (χ0v) is 31.9. The lowest BCUT2D eigenvalue weighted by atomic mass is 9.60. The molecular weight excluding hydrogens is 730 g/mol. The van der Waals surface area contributed by atoms with Crippen molar-refractivity contribution in [2.45, 2.75) is 67.3 Å². The molecule has 52 heavy (non-hydrogen) atoms. The fourth-order valence-corrected chi connectivity index (χ4v) is 9.89. The number of fused-ring (bicyclic) bond motifs is 7. The largest absolute Gasteiger partial charge is 0.508 e. The topological polar surface area (TPSA) is 67.2 Å². The summed E-state index contributed by atoms with van der Waals surface area (Å²) in [6.07, 6.45) is 3.63. The first-order chi connectivity index (χ1) is 24.0. The van der Waals surface area contributed by atoms with E-state index in [1.807, 2.05) is 35.2 Å². The number of hydrogen-bond donors (Lipinski definition) is 2. The summed E-state index contributed by atoms with van der Waals surface area (Å²) in [5.74, 6) is 1.76. The van der Waals surface area contributed by atoms with Gasteiger partial charge in [0.2, 0.25) is 0 Å². The molecule has 12 heteroatoms. The van der Waals surface area contributed by atoms with Gasteiger partial charge in [-0.05, 0) is 98.2 Å². The number of benzene rings is 3. The monoisotopic (exact) mass is 777 g/mol. The van der Waals surface area contributed by atoms with Gasteiger partial charge in [-0.2, -0.15) is 13.2 Å². The van der Waals surface area contributed by atoms with Gasteiger partial charge in [-0.1, -0.05) is 48.5 Å². The number of aromatic hydroxyl groups is 1. The number of piperazine rings is 1. The van der Waals surface area contributed by atoms with E-state index in [0.717, 1.165) is 86.7 Å². The molecular formula is C40H48Cl2F3N3O3S. The molecule has 0 radical (unpaired) electrons. The molecule has 2 aliphatic heterocycles. The number of aliphatic hydroxyl groups excluding tert-OH is 1. The second-order valence-corrected chi connectivity index (χ2v) is 15.6. The lowest BCUT2D eigenvalue weighted by Gasteiger charge is -2.43. The van der Waals surface area contributed by atoms with Crippen LogP contribution in [0.25, 0.3) is 0 Å². The van der Waals surface area contributed by atoms with Gasteiger partial charge in [-0.25, -0.2) is 0 Å². The van der Waals surface area contributed by atoms with Crippen LogP contribution in [0.1, 0.15) is 61.6 Å². The number of aliphatic hydroxyl groups is 1. The molecule has 2 saturated carbocycles. The SMILES string of the molecule is CC12CCC3C(=CCc4cc(O)ccc43)C1CCC2=O.Cl.Cl.OCCN1CCN(CCCN2c3ccccc3Sc3ccc(C(F)(F)F)cc32)CC1. The minimum Gasteiger partial charge on any atom is -0.508 e. The van der Waals surface area contributed by atoms with Crippen molar-refractivity contribution in [1.82, 2.24) is 9.80 Å². The lowest BCUT2D eigenvalue weighted by molar-refractivity contribution is -0.137. The molecule has 282 valence electrons. The minimum atomic E-state index is -4.35. The van der Waals surface area contributed by atoms with Crippen LogP contribution in [-0.2, 0) is 17.4 Å². The van der Waals surface area contributed by atoms with E-state index in [1.165, 1.54) is 40.6 Å². The molecule has 0 bridgehead atoms. The molecule has 3 aromatic carbocycles. The predicted octanol–water partition coefficient (Wildman–Crippen LogP) is 8.89. The summed E-state index contributed by atoms with van der Waals surface area (Å²) in [4.78, 5) is 20.9. The van der Waals surface area contributed by atoms with E-state index in [2.05, 4.69) is 28.9 Å². The average Bonchev–Trinajstić information content (AvgIpc) is 3.42. The van der Waals surface area contributed by atoms with Gasteiger partial charge in [0.15, 0.2) is 0 Å². The van der Waals surface area contributed by atoms with E-state index < -0.39 is 11.7 Å². The van der Waals surface area contributed by atoms with E-state index in [0.29, 0.717) is 42.1 Å². The summed E-state index contributed by atoms with van der Waals surface area (Å²) in [6.45, 7) is 8.47. The molecule has 3 unspecified atom stereocenters. The number of alkyl halides is 3. The van der Waals surface area contributed by atoms with Gasteiger partial charge in [-0.3, -0.25) is 9.69 Å². The van der Waals surface area contributed by atoms with Gasteiger partial charge < -0.3 is 20.0 Å². The number of rotatable bonds is 6. The van der Waals surface area contributed by atoms with Crippen molar-refractivity contribution in [2.24, 2.45) is 11.3 Å². The summed E-state index contributed by atoms with van der Waals surface area (Å²) in [5, 5.41) is 18.7. The van der Waals surface area contributed by atoms with Crippen molar-refractivity contribution in [3.05, 3.63) is 89.0 Å². The maximum atomic E-state index is 13.3. The van der Waals surface area contributed by atoms with Crippen LogP contribution in [0.4, 0.5) is 24.5 Å². The highest BCUT2D eigenvalue weighted by atomic mass is 35.5. The summed E-state index contributed by atoms with van der Waals surface area (Å²) < 4.78 is 39.9. The molecule has 0 amide bonds. The minimum absolute atomic E-state index is 0. The van der Waals surface area contributed by atoms with Gasteiger partial charge >= 0.3 is 6.18 Å². The summed E-state index contributed by atoms with van der Waals surface area (Å²) >= 11 is 1.53. The van der Waals surface area contributed by atoms with Crippen molar-refractivity contribution >= 4 is 53.7 Å². The summed E-state index contributed by atoms with van der Waals surface area (Å²) in [6, 6.07) is 17.7. The second kappa shape index (κ2) is 16.7. The van der Waals surface area contributed by atoms with Crippen molar-refractivity contribution in [3.63, 3.8) is 0 Å². The number of phenolic OH excluding ortho intramolecular Hbond substituents is 1. The Morgan fingerprint density at radius 3 is 2.33 bits per heavy atom. The highest BCUT2D eigenvalue weighted by molar-refractivity contribution is 7.99. The maximum Gasteiger partial charge on any atom is 0.416 e. The Morgan fingerprint density at radius 1 is 0.885 bits per heavy atom. The van der Waals surface area contributed by atoms with Gasteiger partial charge in [0.1, 0.15) is 11.5 Å². The number of allylic oxidation sites excluding steroid dienone is 2. The van der Waals surface area contributed by atoms with E-state index in [4.69, 9.17) is 5.11 Å². The van der Waals surface area contributed by atoms with E-state index in [1.54, 1.807) is 12.1 Å². The molecule has 8 rings (SSSR count). The van der Waals surface area contributed by atoms with Crippen molar-refractivity contribution in [2.75, 3.05) is 57.3 Å². The van der Waals surface area contributed by atoms with Gasteiger partial charge in [0.05, 0.1) is 23.5 Å². The lowest BCUT2D eigenvalue weighted by Crippen LogP contribution is -2.47. The molecule has 3 atom stereocenters. The Bertz CT molecular complexity index is 1770. The van der Waals surface area contributed by atoms with Crippen LogP contribution < -0.4 is 4.90 Å². The molecule has 3 aromatic rings. The number of hydrogen-bond acceptors (Lipinski definition) is 7. The van der Waals surface area contributed by atoms with Gasteiger partial charge in [-0.15, -0.1) is 24.8 Å². The fourth-order valence-electron chi connectivity index (χ4n) is 8.81. The first kappa shape index (κ1) is 40.5. The number of anilines is 2. The quantitative estimate of drug-likeness (QED) is 0.243. The smallest absolute Gasteiger partial charge is 0.416 e. The Hall–Kier alpha value is -2.73. The number of para-hydroxylation sites is 1. The van der Waals surface area contributed by atoms with E-state index in [9.17, 15) is 23.1 Å². The molecule has 3 fully saturated rings. The first-order valence-electron chi connectivity index (χ1n) is 17.9. The van der Waals surface area contributed by atoms with Crippen molar-refractivity contribution < 1.29 is 28.2 Å². The van der Waals surface area contributed by atoms with Crippen LogP contribution in [0, 0.1) is 11.3 Å². The van der Waals surface area contributed by atoms with Crippen LogP contribution >= 0.6 is 36.6 Å². The van der Waals surface area contributed by atoms with E-state index in [-0.39, 0.29) is 36.8 Å². The standard InChI is InChI=1S/C22H26F3N3OS.C18H20O2.2ClH/c23-22(24,25)17-6-7-21-19(16-17)28(18-4-1-2-5-20(18)30-21)9-3-8-26-10-12-27(13-11-26)14-15-29;1-18-9-8-14-13-5-3-12(19)10-11(13)2-4-15(14)16(18)6-7-17(18)20;;/h1-2,4-7,16,29H,3,8-15H2;3-5,10,14,16,19H,2,6-9H2,1H3;2*1H. The van der Waals surface area contributed by atoms with Crippen molar-refractivity contribution in [1.29, 1.82) is 0 Å². The molecule has 5 aliphatic rings. The Balaban J connectivity index is 0.000000207. The Morgan fingerprint density at radius 2 is 1.60 bits per heavy atom. The van der Waals surface area contributed by atoms with Crippen LogP contribution in [0.5, 0.6) is 5.75 Å². The second-order valence-electron chi connectivity index (χ2n) is 14.5. The third kappa shape index (κ3) is 8.17. The van der Waals surface area contributed by atoms with Crippen molar-refractivity contribution in [3.8, 4) is 5.75 Å². The van der Waals surface area contributed by atoms with Gasteiger partial charge in [0, 0.05) is 66.8 Å². The first-order valence-corrected chi connectivity index (χ1v) is 18.7. The number of phenols is 1. The number of ketones is 1. The van der Waals surface area contributed by atoms with Crippen LogP contribution in [0.15, 0.2) is 82.1 Å². The van der Waals surface area contributed by atoms with E-state index >= 15 is 0 Å². The fraction of sp³-hybridized carbons (Fsp3) is 0.475. The Kier molecular flexibility index (Phi) is 13.0. The predicted molar refractivity (Wildman–Crippen MR) is 206 cm³/mol. The maximum absolute atomic E-state index is 13.3. The molecule has 2 N–H and O–H groups in total. The molecule has 0 spiro atoms. The zero-order valence-electron chi connectivity index (χ0n) is 29.4. The van der Waals surface area contributed by atoms with Gasteiger partial charge in [0.25, 0.3) is 0 Å². The Labute approximate surface area is 321 Å². The number of carbonyl (C=O) groups is 1. The van der Waals surface area contributed by atoms with Crippen LogP contribution in [0.2, 0.25) is 0 Å². The summed E-state index contributed by atoms with van der Waals surface area (Å²) in [7, 11) is 0. The normalized spacial score (nSPS) is 23.7. The highest BCUT2D eigenvalue weighted by Gasteiger charge is 2.52. The third-order valence-electron chi connectivity index (χ3n) is 11.6. The molecule has 1 saturated heterocycles. The number of nitrogens with zero attached hydrogens (tertiary/aromatic N) is 3. The van der Waals surface area contributed by atoms with Crippen LogP contribution in [0.3, 0.4) is 0 Å². The number of β-amino-alcohol motifs (C(OH)–C–C–N with tert-alkyl or cyclic N) is 1. The molecule has 3 aliphatic carbocycles. The zero-order chi connectivity index (χ0) is 35.0. The van der Waals surface area contributed by atoms with Crippen LogP contribution in [-0.4, -0.2) is 78.2 Å². The average molecular weight is 779 g/mol. The number of carbonyl (C=O) groups excluding carboxylic acids is 1. The number of Topliss-reactive ketones (excluding diaryl/α,β-unsaturated/α-hetero) is 1. The highest BCUT2D eigenvalue weighted by Crippen LogP contribution is 2.58. The number of halogens is 5. The summed E-state index contributed by atoms with van der Waals surface area (Å²) in [5.41, 5.74) is 5.04. The molecule has 6 nitrogen and oxygen atoms in total. The third-order valence-corrected chi connectivity index (χ3v) is 12.7.